The topological polar surface area (TPSA) is 75.6 Å². The van der Waals surface area contributed by atoms with Crippen molar-refractivity contribution in [1.29, 1.82) is 0 Å². The van der Waals surface area contributed by atoms with E-state index in [-0.39, 0.29) is 24.4 Å². The highest BCUT2D eigenvalue weighted by molar-refractivity contribution is 7.99. The van der Waals surface area contributed by atoms with Crippen molar-refractivity contribution < 1.29 is 19.4 Å². The fraction of sp³-hybridized carbons (Fsp3) is 0.375. The SMILES string of the molecule is C=CCOCC(NC(=O)C(C)SCc1ccccc1)C(=O)O. The molecule has 0 aliphatic carbocycles. The van der Waals surface area contributed by atoms with E-state index in [1.165, 1.54) is 17.8 Å². The van der Waals surface area contributed by atoms with E-state index < -0.39 is 12.0 Å². The summed E-state index contributed by atoms with van der Waals surface area (Å²) in [5.41, 5.74) is 1.12. The molecule has 5 nitrogen and oxygen atoms in total. The summed E-state index contributed by atoms with van der Waals surface area (Å²) in [5.74, 6) is -0.728. The van der Waals surface area contributed by atoms with Gasteiger partial charge in [0.1, 0.15) is 0 Å². The van der Waals surface area contributed by atoms with Crippen LogP contribution in [0.1, 0.15) is 12.5 Å². The van der Waals surface area contributed by atoms with Crippen LogP contribution in [-0.4, -0.2) is 41.5 Å². The van der Waals surface area contributed by atoms with Gasteiger partial charge in [0, 0.05) is 5.75 Å². The van der Waals surface area contributed by atoms with Gasteiger partial charge in [-0.2, -0.15) is 0 Å². The molecule has 120 valence electrons. The highest BCUT2D eigenvalue weighted by Gasteiger charge is 2.23. The number of thioether (sulfide) groups is 1. The molecule has 0 saturated heterocycles. The van der Waals surface area contributed by atoms with Crippen molar-refractivity contribution in [1.82, 2.24) is 5.32 Å². The highest BCUT2D eigenvalue weighted by atomic mass is 32.2. The lowest BCUT2D eigenvalue weighted by Gasteiger charge is -2.17. The van der Waals surface area contributed by atoms with Crippen molar-refractivity contribution in [2.75, 3.05) is 13.2 Å². The maximum Gasteiger partial charge on any atom is 0.328 e. The van der Waals surface area contributed by atoms with Gasteiger partial charge in [-0.25, -0.2) is 4.79 Å². The zero-order valence-electron chi connectivity index (χ0n) is 12.5. The Hall–Kier alpha value is -1.79. The normalized spacial score (nSPS) is 13.1. The lowest BCUT2D eigenvalue weighted by atomic mass is 10.2. The van der Waals surface area contributed by atoms with E-state index in [1.54, 1.807) is 6.92 Å². The third-order valence-electron chi connectivity index (χ3n) is 2.85. The van der Waals surface area contributed by atoms with Gasteiger partial charge in [-0.3, -0.25) is 4.79 Å². The smallest absolute Gasteiger partial charge is 0.328 e. The average molecular weight is 323 g/mol. The average Bonchev–Trinajstić information content (AvgIpc) is 2.52. The largest absolute Gasteiger partial charge is 0.480 e. The molecule has 0 fully saturated rings. The van der Waals surface area contributed by atoms with Gasteiger partial charge in [0.15, 0.2) is 6.04 Å². The van der Waals surface area contributed by atoms with Crippen LogP contribution in [0, 0.1) is 0 Å². The van der Waals surface area contributed by atoms with E-state index in [4.69, 9.17) is 9.84 Å². The Kier molecular flexibility index (Phi) is 8.32. The first-order valence-electron chi connectivity index (χ1n) is 6.92. The van der Waals surface area contributed by atoms with Gasteiger partial charge in [-0.05, 0) is 12.5 Å². The van der Waals surface area contributed by atoms with Gasteiger partial charge in [-0.15, -0.1) is 18.3 Å². The van der Waals surface area contributed by atoms with Crippen LogP contribution in [0.2, 0.25) is 0 Å². The molecule has 6 heteroatoms. The summed E-state index contributed by atoms with van der Waals surface area (Å²) >= 11 is 1.46. The van der Waals surface area contributed by atoms with Gasteiger partial charge >= 0.3 is 5.97 Å². The third kappa shape index (κ3) is 6.78. The summed E-state index contributed by atoms with van der Waals surface area (Å²) in [7, 11) is 0. The minimum Gasteiger partial charge on any atom is -0.480 e. The fourth-order valence-electron chi connectivity index (χ4n) is 1.60. The van der Waals surface area contributed by atoms with Crippen LogP contribution in [-0.2, 0) is 20.1 Å². The zero-order chi connectivity index (χ0) is 16.4. The van der Waals surface area contributed by atoms with Crippen molar-refractivity contribution in [3.8, 4) is 0 Å². The molecule has 0 bridgehead atoms. The van der Waals surface area contributed by atoms with Gasteiger partial charge in [0.05, 0.1) is 18.5 Å². The molecular weight excluding hydrogens is 302 g/mol. The molecule has 0 aliphatic rings. The van der Waals surface area contributed by atoms with Gasteiger partial charge in [0.2, 0.25) is 5.91 Å². The van der Waals surface area contributed by atoms with Crippen LogP contribution in [0.15, 0.2) is 43.0 Å². The number of aliphatic carboxylic acids is 1. The Balaban J connectivity index is 2.43. The number of nitrogens with one attached hydrogen (secondary N) is 1. The quantitative estimate of drug-likeness (QED) is 0.509. The molecule has 1 aromatic carbocycles. The van der Waals surface area contributed by atoms with Gasteiger partial charge in [0.25, 0.3) is 0 Å². The predicted octanol–water partition coefficient (Wildman–Crippen LogP) is 2.08. The number of carbonyl (C=O) groups excluding carboxylic acids is 1. The highest BCUT2D eigenvalue weighted by Crippen LogP contribution is 2.17. The van der Waals surface area contributed by atoms with E-state index in [9.17, 15) is 9.59 Å². The number of benzene rings is 1. The second-order valence-corrected chi connectivity index (χ2v) is 5.99. The van der Waals surface area contributed by atoms with Crippen molar-refractivity contribution in [3.63, 3.8) is 0 Å². The monoisotopic (exact) mass is 323 g/mol. The maximum absolute atomic E-state index is 12.0. The van der Waals surface area contributed by atoms with E-state index in [0.29, 0.717) is 5.75 Å². The zero-order valence-corrected chi connectivity index (χ0v) is 13.3. The van der Waals surface area contributed by atoms with E-state index >= 15 is 0 Å². The maximum atomic E-state index is 12.0. The summed E-state index contributed by atoms with van der Waals surface area (Å²) in [5, 5.41) is 11.2. The molecule has 0 saturated carbocycles. The molecular formula is C16H21NO4S. The number of ether oxygens (including phenoxy) is 1. The Bertz CT molecular complexity index is 492. The van der Waals surface area contributed by atoms with E-state index in [2.05, 4.69) is 11.9 Å². The minimum absolute atomic E-state index is 0.0802. The molecule has 1 rings (SSSR count). The molecule has 22 heavy (non-hydrogen) atoms. The number of rotatable bonds is 10. The number of carboxylic acid groups (broad SMARTS) is 1. The van der Waals surface area contributed by atoms with Crippen LogP contribution >= 0.6 is 11.8 Å². The Morgan fingerprint density at radius 1 is 1.41 bits per heavy atom. The summed E-state index contributed by atoms with van der Waals surface area (Å²) in [4.78, 5) is 23.1. The first-order chi connectivity index (χ1) is 10.5. The Morgan fingerprint density at radius 3 is 2.68 bits per heavy atom. The fourth-order valence-corrected chi connectivity index (χ4v) is 2.46. The second-order valence-electron chi connectivity index (χ2n) is 4.66. The van der Waals surface area contributed by atoms with E-state index in [0.717, 1.165) is 5.56 Å². The molecule has 2 N–H and O–H groups in total. The molecule has 2 atom stereocenters. The lowest BCUT2D eigenvalue weighted by molar-refractivity contribution is -0.143. The molecule has 0 spiro atoms. The molecule has 0 radical (unpaired) electrons. The van der Waals surface area contributed by atoms with Crippen LogP contribution < -0.4 is 5.32 Å². The molecule has 1 aromatic rings. The third-order valence-corrected chi connectivity index (χ3v) is 4.06. The summed E-state index contributed by atoms with van der Waals surface area (Å²) in [6, 6.07) is 8.75. The van der Waals surface area contributed by atoms with Crippen molar-refractivity contribution >= 4 is 23.6 Å². The van der Waals surface area contributed by atoms with Gasteiger partial charge < -0.3 is 15.2 Å². The summed E-state index contributed by atoms with van der Waals surface area (Å²) < 4.78 is 5.10. The number of amides is 1. The Morgan fingerprint density at radius 2 is 2.09 bits per heavy atom. The van der Waals surface area contributed by atoms with Crippen molar-refractivity contribution in [2.24, 2.45) is 0 Å². The summed E-state index contributed by atoms with van der Waals surface area (Å²) in [6.07, 6.45) is 1.53. The van der Waals surface area contributed by atoms with Crippen LogP contribution in [0.4, 0.5) is 0 Å². The standard InChI is InChI=1S/C16H21NO4S/c1-3-9-21-10-14(16(19)20)17-15(18)12(2)22-11-13-7-5-4-6-8-13/h3-8,12,14H,1,9-11H2,2H3,(H,17,18)(H,19,20). The van der Waals surface area contributed by atoms with Gasteiger partial charge in [-0.1, -0.05) is 36.4 Å². The number of hydrogen-bond acceptors (Lipinski definition) is 4. The first kappa shape index (κ1) is 18.3. The molecule has 1 amide bonds. The van der Waals surface area contributed by atoms with Crippen LogP contribution in [0.3, 0.4) is 0 Å². The van der Waals surface area contributed by atoms with Crippen LogP contribution in [0.25, 0.3) is 0 Å². The molecule has 0 aromatic heterocycles. The number of carboxylic acids is 1. The lowest BCUT2D eigenvalue weighted by Crippen LogP contribution is -2.46. The number of carbonyl (C=O) groups is 2. The molecule has 0 aliphatic heterocycles. The van der Waals surface area contributed by atoms with Crippen LogP contribution in [0.5, 0.6) is 0 Å². The molecule has 0 heterocycles. The predicted molar refractivity (Wildman–Crippen MR) is 87.8 cm³/mol. The van der Waals surface area contributed by atoms with Crippen molar-refractivity contribution in [2.45, 2.75) is 24.0 Å². The molecule has 2 unspecified atom stereocenters. The van der Waals surface area contributed by atoms with E-state index in [1.807, 2.05) is 30.3 Å². The van der Waals surface area contributed by atoms with Crippen molar-refractivity contribution in [3.05, 3.63) is 48.6 Å². The minimum atomic E-state index is -1.11. The summed E-state index contributed by atoms with van der Waals surface area (Å²) in [6.45, 7) is 5.41. The first-order valence-corrected chi connectivity index (χ1v) is 7.96. The second kappa shape index (κ2) is 10.0. The number of hydrogen-bond donors (Lipinski definition) is 2. The Labute approximate surface area is 134 Å².